The van der Waals surface area contributed by atoms with Crippen molar-refractivity contribution in [2.24, 2.45) is 0 Å². The van der Waals surface area contributed by atoms with Crippen LogP contribution in [0, 0.1) is 12.7 Å². The van der Waals surface area contributed by atoms with Gasteiger partial charge in [0.2, 0.25) is 5.91 Å². The number of benzene rings is 1. The van der Waals surface area contributed by atoms with Crippen molar-refractivity contribution in [1.29, 1.82) is 0 Å². The molecule has 2 fully saturated rings. The molecule has 1 saturated carbocycles. The molecule has 3 amide bonds. The van der Waals surface area contributed by atoms with Gasteiger partial charge in [-0.15, -0.1) is 0 Å². The fourth-order valence-corrected chi connectivity index (χ4v) is 3.29. The molecule has 0 bridgehead atoms. The second kappa shape index (κ2) is 5.40. The summed E-state index contributed by atoms with van der Waals surface area (Å²) >= 11 is 0. The van der Waals surface area contributed by atoms with E-state index in [1.54, 1.807) is 12.3 Å². The van der Waals surface area contributed by atoms with E-state index in [1.165, 1.54) is 17.0 Å². The molecule has 1 aliphatic heterocycles. The highest BCUT2D eigenvalue weighted by atomic mass is 19.1. The number of halogens is 1. The van der Waals surface area contributed by atoms with Gasteiger partial charge < -0.3 is 5.32 Å². The molecule has 1 saturated heterocycles. The van der Waals surface area contributed by atoms with Gasteiger partial charge in [0.15, 0.2) is 0 Å². The molecule has 6 heteroatoms. The molecule has 1 N–H and O–H groups in total. The number of hydrogen-bond donors (Lipinski definition) is 1. The first-order valence-electron chi connectivity index (χ1n) is 7.87. The summed E-state index contributed by atoms with van der Waals surface area (Å²) in [5, 5.41) is 2.55. The summed E-state index contributed by atoms with van der Waals surface area (Å²) in [6.45, 7) is 1.94. The monoisotopic (exact) mass is 325 g/mol. The highest BCUT2D eigenvalue weighted by Crippen LogP contribution is 2.45. The van der Waals surface area contributed by atoms with Crippen molar-refractivity contribution in [3.05, 3.63) is 53.5 Å². The first-order chi connectivity index (χ1) is 11.5. The molecule has 1 aliphatic carbocycles. The Morgan fingerprint density at radius 1 is 1.25 bits per heavy atom. The zero-order chi connectivity index (χ0) is 16.8. The van der Waals surface area contributed by atoms with Crippen LogP contribution in [-0.4, -0.2) is 34.4 Å². The summed E-state index contributed by atoms with van der Waals surface area (Å²) in [6, 6.07) is 8.12. The first-order valence-corrected chi connectivity index (χ1v) is 7.87. The number of pyridine rings is 1. The third-order valence-electron chi connectivity index (χ3n) is 4.65. The fraction of sp³-hybridized carbons (Fsp3) is 0.278. The second-order valence-corrected chi connectivity index (χ2v) is 6.27. The Balaban J connectivity index is 1.53. The number of imide groups is 1. The Morgan fingerprint density at radius 2 is 2.08 bits per heavy atom. The highest BCUT2D eigenvalue weighted by Gasteiger charge is 2.49. The summed E-state index contributed by atoms with van der Waals surface area (Å²) in [6.07, 6.45) is 2.55. The lowest BCUT2D eigenvalue weighted by molar-refractivity contribution is -0.125. The lowest BCUT2D eigenvalue weighted by Gasteiger charge is -2.12. The number of aryl methyl sites for hydroxylation is 1. The molecule has 0 radical (unpaired) electrons. The van der Waals surface area contributed by atoms with Gasteiger partial charge in [-0.25, -0.2) is 9.18 Å². The third kappa shape index (κ3) is 2.44. The van der Waals surface area contributed by atoms with Gasteiger partial charge in [-0.2, -0.15) is 0 Å². The van der Waals surface area contributed by atoms with Crippen LogP contribution in [0.1, 0.15) is 23.5 Å². The van der Waals surface area contributed by atoms with Crippen molar-refractivity contribution in [2.75, 3.05) is 6.54 Å². The number of carbonyl (C=O) groups is 2. The summed E-state index contributed by atoms with van der Waals surface area (Å²) < 4.78 is 13.2. The van der Waals surface area contributed by atoms with Gasteiger partial charge >= 0.3 is 6.03 Å². The molecular weight excluding hydrogens is 309 g/mol. The van der Waals surface area contributed by atoms with Gasteiger partial charge in [-0.1, -0.05) is 6.07 Å². The van der Waals surface area contributed by atoms with Gasteiger partial charge in [0, 0.05) is 23.7 Å². The molecule has 0 spiro atoms. The lowest BCUT2D eigenvalue weighted by Crippen LogP contribution is -2.33. The third-order valence-corrected chi connectivity index (χ3v) is 4.65. The minimum atomic E-state index is -0.306. The van der Waals surface area contributed by atoms with Crippen molar-refractivity contribution in [3.8, 4) is 11.3 Å². The lowest BCUT2D eigenvalue weighted by atomic mass is 10.0. The van der Waals surface area contributed by atoms with Gasteiger partial charge in [0.25, 0.3) is 0 Å². The topological polar surface area (TPSA) is 62.3 Å². The van der Waals surface area contributed by atoms with E-state index in [1.807, 2.05) is 19.1 Å². The maximum Gasteiger partial charge on any atom is 0.324 e. The van der Waals surface area contributed by atoms with E-state index in [-0.39, 0.29) is 36.3 Å². The maximum absolute atomic E-state index is 13.2. The van der Waals surface area contributed by atoms with E-state index >= 15 is 0 Å². The van der Waals surface area contributed by atoms with Crippen LogP contribution in [-0.2, 0) is 4.79 Å². The van der Waals surface area contributed by atoms with E-state index in [4.69, 9.17) is 0 Å². The van der Waals surface area contributed by atoms with Gasteiger partial charge in [0.1, 0.15) is 5.82 Å². The molecule has 122 valence electrons. The minimum absolute atomic E-state index is 0.0693. The van der Waals surface area contributed by atoms with Gasteiger partial charge in [-0.05, 0) is 48.7 Å². The smallest absolute Gasteiger partial charge is 0.324 e. The normalized spacial score (nSPS) is 22.7. The standard InChI is InChI=1S/C18H16FN3O2/c1-10-6-12(19)3-4-13(10)15-5-2-11(8-20-15)14-7-16(14)22-17(23)9-21-18(22)24/h2-6,8,14,16H,7,9H2,1H3,(H,21,24)/t14-,16+/m1/s1. The Hall–Kier alpha value is -2.76. The van der Waals surface area contributed by atoms with E-state index in [9.17, 15) is 14.0 Å². The zero-order valence-electron chi connectivity index (χ0n) is 13.1. The predicted molar refractivity (Wildman–Crippen MR) is 85.8 cm³/mol. The van der Waals surface area contributed by atoms with Crippen LogP contribution in [0.25, 0.3) is 11.3 Å². The molecule has 2 aliphatic rings. The van der Waals surface area contributed by atoms with Crippen LogP contribution in [0.2, 0.25) is 0 Å². The molecule has 1 aromatic heterocycles. The zero-order valence-corrected chi connectivity index (χ0v) is 13.1. The molecule has 2 aromatic rings. The van der Waals surface area contributed by atoms with Crippen molar-refractivity contribution < 1.29 is 14.0 Å². The predicted octanol–water partition coefficient (Wildman–Crippen LogP) is 2.60. The number of nitrogens with zero attached hydrogens (tertiary/aromatic N) is 2. The van der Waals surface area contributed by atoms with Crippen LogP contribution >= 0.6 is 0 Å². The molecule has 24 heavy (non-hydrogen) atoms. The molecule has 2 atom stereocenters. The van der Waals surface area contributed by atoms with Crippen molar-refractivity contribution >= 4 is 11.9 Å². The van der Waals surface area contributed by atoms with E-state index in [0.29, 0.717) is 0 Å². The number of carbonyl (C=O) groups excluding carboxylic acids is 2. The molecule has 4 rings (SSSR count). The van der Waals surface area contributed by atoms with Crippen LogP contribution in [0.4, 0.5) is 9.18 Å². The van der Waals surface area contributed by atoms with Crippen LogP contribution < -0.4 is 5.32 Å². The van der Waals surface area contributed by atoms with Crippen molar-refractivity contribution in [1.82, 2.24) is 15.2 Å². The summed E-state index contributed by atoms with van der Waals surface area (Å²) in [5.74, 6) is -0.282. The second-order valence-electron chi connectivity index (χ2n) is 6.27. The van der Waals surface area contributed by atoms with E-state index < -0.39 is 0 Å². The Labute approximate surface area is 138 Å². The quantitative estimate of drug-likeness (QED) is 0.882. The molecule has 0 unspecified atom stereocenters. The Morgan fingerprint density at radius 3 is 2.71 bits per heavy atom. The number of rotatable bonds is 3. The Kier molecular flexibility index (Phi) is 3.33. The molecule has 2 heterocycles. The summed E-state index contributed by atoms with van der Waals surface area (Å²) in [4.78, 5) is 29.2. The van der Waals surface area contributed by atoms with Crippen LogP contribution in [0.5, 0.6) is 0 Å². The van der Waals surface area contributed by atoms with Crippen molar-refractivity contribution in [3.63, 3.8) is 0 Å². The Bertz CT molecular complexity index is 819. The minimum Gasteiger partial charge on any atom is -0.329 e. The number of aromatic nitrogens is 1. The van der Waals surface area contributed by atoms with Crippen LogP contribution in [0.15, 0.2) is 36.5 Å². The number of hydrogen-bond acceptors (Lipinski definition) is 3. The van der Waals surface area contributed by atoms with E-state index in [2.05, 4.69) is 10.3 Å². The number of amides is 3. The number of nitrogens with one attached hydrogen (secondary N) is 1. The summed E-state index contributed by atoms with van der Waals surface area (Å²) in [7, 11) is 0. The van der Waals surface area contributed by atoms with E-state index in [0.717, 1.165) is 28.8 Å². The highest BCUT2D eigenvalue weighted by molar-refractivity contribution is 6.02. The fourth-order valence-electron chi connectivity index (χ4n) is 3.29. The molecule has 1 aromatic carbocycles. The number of urea groups is 1. The van der Waals surface area contributed by atoms with Gasteiger partial charge in [-0.3, -0.25) is 14.7 Å². The molecular formula is C18H16FN3O2. The molecule has 5 nitrogen and oxygen atoms in total. The van der Waals surface area contributed by atoms with Gasteiger partial charge in [0.05, 0.1) is 12.2 Å². The first kappa shape index (κ1) is 14.8. The average Bonchev–Trinajstić information content (AvgIpc) is 3.26. The SMILES string of the molecule is Cc1cc(F)ccc1-c1ccc([C@H]2C[C@@H]2N2C(=O)CNC2=O)cn1. The summed E-state index contributed by atoms with van der Waals surface area (Å²) in [5.41, 5.74) is 3.52. The largest absolute Gasteiger partial charge is 0.329 e. The van der Waals surface area contributed by atoms with Crippen molar-refractivity contribution in [2.45, 2.75) is 25.3 Å². The maximum atomic E-state index is 13.2. The average molecular weight is 325 g/mol. The van der Waals surface area contributed by atoms with Crippen LogP contribution in [0.3, 0.4) is 0 Å².